The van der Waals surface area contributed by atoms with Gasteiger partial charge in [0.1, 0.15) is 0 Å². The number of aryl methyl sites for hydroxylation is 1. The molecule has 0 spiro atoms. The van der Waals surface area contributed by atoms with Crippen molar-refractivity contribution in [3.8, 4) is 5.82 Å². The molecule has 0 aliphatic heterocycles. The Hall–Kier alpha value is -3.09. The number of pyridine rings is 1. The fourth-order valence-corrected chi connectivity index (χ4v) is 5.03. The zero-order chi connectivity index (χ0) is 28.0. The Morgan fingerprint density at radius 1 is 0.846 bits per heavy atom. The monoisotopic (exact) mass is 532 g/mol. The van der Waals surface area contributed by atoms with Crippen LogP contribution in [-0.4, -0.2) is 31.1 Å². The summed E-state index contributed by atoms with van der Waals surface area (Å²) in [6, 6.07) is 10.3. The van der Waals surface area contributed by atoms with Gasteiger partial charge in [0, 0.05) is 11.9 Å². The van der Waals surface area contributed by atoms with Crippen LogP contribution in [0.1, 0.15) is 133 Å². The minimum atomic E-state index is -0.142. The van der Waals surface area contributed by atoms with E-state index in [1.165, 1.54) is 62.6 Å². The van der Waals surface area contributed by atoms with Crippen LogP contribution in [0.25, 0.3) is 5.82 Å². The summed E-state index contributed by atoms with van der Waals surface area (Å²) in [5.74, 6) is 1.54. The van der Waals surface area contributed by atoms with Gasteiger partial charge < -0.3 is 5.32 Å². The van der Waals surface area contributed by atoms with Crippen molar-refractivity contribution in [1.82, 2.24) is 25.2 Å². The molecule has 0 fully saturated rings. The van der Waals surface area contributed by atoms with E-state index in [0.29, 0.717) is 23.5 Å². The number of nitrogens with zero attached hydrogens (tertiary/aromatic N) is 5. The number of unbranched alkanes of at least 4 members (excludes halogenated alkanes) is 9. The van der Waals surface area contributed by atoms with Crippen molar-refractivity contribution in [1.29, 1.82) is 0 Å². The summed E-state index contributed by atoms with van der Waals surface area (Å²) in [4.78, 5) is 19.0. The van der Waals surface area contributed by atoms with Gasteiger partial charge in [-0.15, -0.1) is 15.0 Å². The van der Waals surface area contributed by atoms with Crippen molar-refractivity contribution < 1.29 is 4.79 Å². The second kappa shape index (κ2) is 16.1. The number of para-hydroxylation sites is 1. The fourth-order valence-electron chi connectivity index (χ4n) is 5.03. The van der Waals surface area contributed by atoms with E-state index in [2.05, 4.69) is 84.6 Å². The lowest BCUT2D eigenvalue weighted by molar-refractivity contribution is -0.115. The first-order chi connectivity index (χ1) is 18.9. The summed E-state index contributed by atoms with van der Waals surface area (Å²) in [7, 11) is 0. The number of hydrogen-bond acceptors (Lipinski definition) is 5. The van der Waals surface area contributed by atoms with E-state index in [0.717, 1.165) is 35.2 Å². The Bertz CT molecular complexity index is 1130. The largest absolute Gasteiger partial charge is 0.325 e. The number of aromatic nitrogens is 5. The van der Waals surface area contributed by atoms with Gasteiger partial charge in [-0.2, -0.15) is 0 Å². The van der Waals surface area contributed by atoms with Gasteiger partial charge in [-0.05, 0) is 52.6 Å². The molecule has 0 aliphatic rings. The number of tetrazole rings is 1. The zero-order valence-electron chi connectivity index (χ0n) is 24.7. The molecule has 3 rings (SSSR count). The van der Waals surface area contributed by atoms with Gasteiger partial charge in [0.25, 0.3) is 0 Å². The number of carbonyl (C=O) groups excluding carboxylic acids is 1. The number of benzene rings is 1. The first-order valence-corrected chi connectivity index (χ1v) is 15.1. The lowest BCUT2D eigenvalue weighted by Crippen LogP contribution is -2.18. The molecule has 0 aliphatic carbocycles. The van der Waals surface area contributed by atoms with E-state index in [-0.39, 0.29) is 12.3 Å². The Labute approximate surface area is 235 Å². The normalized spacial score (nSPS) is 11.5. The van der Waals surface area contributed by atoms with Crippen LogP contribution in [0, 0.1) is 0 Å². The van der Waals surface area contributed by atoms with Crippen molar-refractivity contribution in [2.45, 2.75) is 124 Å². The third-order valence-electron chi connectivity index (χ3n) is 7.27. The molecule has 7 nitrogen and oxygen atoms in total. The maximum Gasteiger partial charge on any atom is 0.232 e. The van der Waals surface area contributed by atoms with Gasteiger partial charge in [0.2, 0.25) is 5.91 Å². The minimum absolute atomic E-state index is 0.0601. The quantitative estimate of drug-likeness (QED) is 0.178. The highest BCUT2D eigenvalue weighted by Crippen LogP contribution is 2.32. The van der Waals surface area contributed by atoms with Crippen LogP contribution >= 0.6 is 0 Å². The van der Waals surface area contributed by atoms with E-state index in [1.54, 1.807) is 6.20 Å². The summed E-state index contributed by atoms with van der Waals surface area (Å²) in [6.45, 7) is 10.8. The van der Waals surface area contributed by atoms with E-state index in [9.17, 15) is 4.79 Å². The maximum atomic E-state index is 13.0. The Morgan fingerprint density at radius 2 is 1.46 bits per heavy atom. The molecular weight excluding hydrogens is 484 g/mol. The molecule has 0 saturated carbocycles. The average Bonchev–Trinajstić information content (AvgIpc) is 3.37. The summed E-state index contributed by atoms with van der Waals surface area (Å²) in [5.41, 5.74) is 4.29. The third kappa shape index (κ3) is 9.55. The zero-order valence-corrected chi connectivity index (χ0v) is 24.7. The molecule has 0 atom stereocenters. The van der Waals surface area contributed by atoms with Gasteiger partial charge in [-0.3, -0.25) is 4.79 Å². The molecule has 0 radical (unpaired) electrons. The number of anilines is 1. The molecule has 0 bridgehead atoms. The molecule has 2 heterocycles. The van der Waals surface area contributed by atoms with Crippen LogP contribution in [0.5, 0.6) is 0 Å². The highest BCUT2D eigenvalue weighted by atomic mass is 16.1. The van der Waals surface area contributed by atoms with Crippen LogP contribution in [0.2, 0.25) is 0 Å². The van der Waals surface area contributed by atoms with E-state index in [1.807, 2.05) is 6.07 Å². The topological polar surface area (TPSA) is 85.6 Å². The van der Waals surface area contributed by atoms with Crippen LogP contribution < -0.4 is 5.32 Å². The second-order valence-corrected chi connectivity index (χ2v) is 11.3. The maximum absolute atomic E-state index is 13.0. The molecule has 0 unspecified atom stereocenters. The molecule has 39 heavy (non-hydrogen) atoms. The molecule has 7 heteroatoms. The van der Waals surface area contributed by atoms with Crippen LogP contribution in [0.4, 0.5) is 5.69 Å². The van der Waals surface area contributed by atoms with Gasteiger partial charge in [0.15, 0.2) is 11.6 Å². The van der Waals surface area contributed by atoms with Crippen molar-refractivity contribution in [2.75, 3.05) is 5.32 Å². The smallest absolute Gasteiger partial charge is 0.232 e. The Balaban J connectivity index is 1.54. The van der Waals surface area contributed by atoms with Crippen LogP contribution in [-0.2, 0) is 17.6 Å². The van der Waals surface area contributed by atoms with Gasteiger partial charge >= 0.3 is 0 Å². The standard InChI is InChI=1S/C32H48N6O/c1-6-7-8-9-10-11-12-13-14-15-18-26-19-17-22-33-32(26)38-36-29(35-37-38)23-30(39)34-31-27(24(2)3)20-16-21-28(31)25(4)5/h16-17,19-22,24-25H,6-15,18,23H2,1-5H3,(H,34,39). The predicted molar refractivity (Wildman–Crippen MR) is 159 cm³/mol. The summed E-state index contributed by atoms with van der Waals surface area (Å²) in [6.07, 6.45) is 15.8. The first-order valence-electron chi connectivity index (χ1n) is 15.1. The fraction of sp³-hybridized carbons (Fsp3) is 0.594. The first kappa shape index (κ1) is 30.5. The molecule has 2 aromatic heterocycles. The lowest BCUT2D eigenvalue weighted by Gasteiger charge is -2.20. The predicted octanol–water partition coefficient (Wildman–Crippen LogP) is 7.95. The van der Waals surface area contributed by atoms with Crippen molar-refractivity contribution in [2.24, 2.45) is 0 Å². The minimum Gasteiger partial charge on any atom is -0.325 e. The third-order valence-corrected chi connectivity index (χ3v) is 7.27. The number of rotatable bonds is 17. The van der Waals surface area contributed by atoms with Crippen molar-refractivity contribution in [3.63, 3.8) is 0 Å². The molecular formula is C32H48N6O. The van der Waals surface area contributed by atoms with Gasteiger partial charge in [-0.1, -0.05) is 117 Å². The number of hydrogen-bond donors (Lipinski definition) is 1. The Kier molecular flexibility index (Phi) is 12.6. The number of carbonyl (C=O) groups is 1. The highest BCUT2D eigenvalue weighted by molar-refractivity contribution is 5.93. The van der Waals surface area contributed by atoms with E-state index in [4.69, 9.17) is 0 Å². The number of nitrogens with one attached hydrogen (secondary N) is 1. The summed E-state index contributed by atoms with van der Waals surface area (Å²) >= 11 is 0. The Morgan fingerprint density at radius 3 is 2.08 bits per heavy atom. The van der Waals surface area contributed by atoms with Crippen LogP contribution in [0.15, 0.2) is 36.5 Å². The molecule has 3 aromatic rings. The molecule has 1 amide bonds. The molecule has 1 N–H and O–H groups in total. The molecule has 212 valence electrons. The molecule has 1 aromatic carbocycles. The number of amides is 1. The highest BCUT2D eigenvalue weighted by Gasteiger charge is 2.18. The second-order valence-electron chi connectivity index (χ2n) is 11.3. The lowest BCUT2D eigenvalue weighted by atomic mass is 9.92. The summed E-state index contributed by atoms with van der Waals surface area (Å²) in [5, 5.41) is 16.0. The van der Waals surface area contributed by atoms with Gasteiger partial charge in [-0.25, -0.2) is 4.98 Å². The molecule has 0 saturated heterocycles. The SMILES string of the molecule is CCCCCCCCCCCCc1cccnc1-n1nnc(CC(=O)Nc2c(C(C)C)cccc2C(C)C)n1. The van der Waals surface area contributed by atoms with Crippen molar-refractivity contribution in [3.05, 3.63) is 59.0 Å². The van der Waals surface area contributed by atoms with E-state index < -0.39 is 0 Å². The van der Waals surface area contributed by atoms with E-state index >= 15 is 0 Å². The average molecular weight is 533 g/mol. The van der Waals surface area contributed by atoms with Gasteiger partial charge in [0.05, 0.1) is 6.42 Å². The summed E-state index contributed by atoms with van der Waals surface area (Å²) < 4.78 is 0. The van der Waals surface area contributed by atoms with Crippen LogP contribution in [0.3, 0.4) is 0 Å². The van der Waals surface area contributed by atoms with Crippen molar-refractivity contribution >= 4 is 11.6 Å².